The van der Waals surface area contributed by atoms with E-state index in [9.17, 15) is 10.2 Å². The van der Waals surface area contributed by atoms with Crippen molar-refractivity contribution in [3.8, 4) is 0 Å². The number of hydrogen-bond donors (Lipinski definition) is 2. The summed E-state index contributed by atoms with van der Waals surface area (Å²) in [5.74, 6) is -1.60. The highest BCUT2D eigenvalue weighted by molar-refractivity contribution is 7.12. The Morgan fingerprint density at radius 1 is 1.21 bits per heavy atom. The molecule has 2 aliphatic heterocycles. The van der Waals surface area contributed by atoms with Crippen LogP contribution in [-0.4, -0.2) is 28.5 Å². The van der Waals surface area contributed by atoms with Crippen LogP contribution in [0.3, 0.4) is 0 Å². The summed E-state index contributed by atoms with van der Waals surface area (Å²) in [6, 6.07) is 8.30. The van der Waals surface area contributed by atoms with Crippen LogP contribution < -0.4 is 0 Å². The van der Waals surface area contributed by atoms with Crippen LogP contribution in [0.1, 0.15) is 53.6 Å². The number of benzene rings is 1. The molecule has 152 valence electrons. The molecule has 0 radical (unpaired) electrons. The summed E-state index contributed by atoms with van der Waals surface area (Å²) < 4.78 is 12.1. The van der Waals surface area contributed by atoms with Crippen molar-refractivity contribution in [3.05, 3.63) is 55.7 Å². The number of fused-ring (bicyclic) bond motifs is 2. The molecule has 0 saturated carbocycles. The quantitative estimate of drug-likeness (QED) is 0.766. The minimum Gasteiger partial charge on any atom is -0.390 e. The fourth-order valence-corrected chi connectivity index (χ4v) is 5.70. The van der Waals surface area contributed by atoms with Crippen molar-refractivity contribution in [2.45, 2.75) is 70.7 Å². The standard InChI is InChI=1S/C22H27ClO4S/c1-4-5-16-6-7-17(28-16)8-14-9-18-15(10-19(14)23)11-26-22(18)21(25)12(2)20(24)13(3)27-22/h6-7,9-10,12-13,20-21,24-25H,4-5,8,11H2,1-3H3/t12-,13+,20-,21+,22-/m0/s1. The Kier molecular flexibility index (Phi) is 5.60. The number of halogens is 1. The van der Waals surface area contributed by atoms with Crippen molar-refractivity contribution < 1.29 is 19.7 Å². The lowest BCUT2D eigenvalue weighted by Crippen LogP contribution is -2.58. The van der Waals surface area contributed by atoms with Crippen molar-refractivity contribution >= 4 is 22.9 Å². The molecular weight excluding hydrogens is 396 g/mol. The molecule has 0 aliphatic carbocycles. The maximum atomic E-state index is 10.9. The molecule has 4 rings (SSSR count). The third-order valence-corrected chi connectivity index (χ3v) is 7.43. The maximum Gasteiger partial charge on any atom is 0.223 e. The topological polar surface area (TPSA) is 58.9 Å². The Labute approximate surface area is 175 Å². The van der Waals surface area contributed by atoms with Gasteiger partial charge in [0.2, 0.25) is 5.79 Å². The maximum absolute atomic E-state index is 10.9. The normalized spacial score (nSPS) is 32.1. The summed E-state index contributed by atoms with van der Waals surface area (Å²) in [4.78, 5) is 2.65. The molecule has 1 spiro atoms. The molecule has 2 N–H and O–H groups in total. The second-order valence-corrected chi connectivity index (χ2v) is 9.63. The van der Waals surface area contributed by atoms with Crippen molar-refractivity contribution in [1.82, 2.24) is 0 Å². The van der Waals surface area contributed by atoms with Crippen molar-refractivity contribution in [1.29, 1.82) is 0 Å². The molecule has 2 aliphatic rings. The number of aliphatic hydroxyl groups excluding tert-OH is 2. The minimum absolute atomic E-state index is 0.335. The Hall–Kier alpha value is -0.950. The molecule has 6 heteroatoms. The van der Waals surface area contributed by atoms with Gasteiger partial charge in [0.25, 0.3) is 0 Å². The van der Waals surface area contributed by atoms with Crippen molar-refractivity contribution in [2.24, 2.45) is 5.92 Å². The van der Waals surface area contributed by atoms with Crippen LogP contribution in [0.15, 0.2) is 24.3 Å². The Bertz CT molecular complexity index is 866. The lowest BCUT2D eigenvalue weighted by Gasteiger charge is -2.46. The zero-order valence-corrected chi connectivity index (χ0v) is 18.0. The molecule has 0 bridgehead atoms. The molecule has 1 saturated heterocycles. The number of aryl methyl sites for hydroxylation is 1. The summed E-state index contributed by atoms with van der Waals surface area (Å²) >= 11 is 8.40. The van der Waals surface area contributed by atoms with E-state index in [1.54, 1.807) is 0 Å². The molecule has 1 aromatic carbocycles. The van der Waals surface area contributed by atoms with E-state index < -0.39 is 24.1 Å². The van der Waals surface area contributed by atoms with E-state index >= 15 is 0 Å². The summed E-state index contributed by atoms with van der Waals surface area (Å²) in [6.07, 6.45) is 0.849. The van der Waals surface area contributed by atoms with Gasteiger partial charge < -0.3 is 19.7 Å². The molecule has 1 aromatic heterocycles. The molecule has 3 heterocycles. The first-order valence-electron chi connectivity index (χ1n) is 9.93. The van der Waals surface area contributed by atoms with Crippen molar-refractivity contribution in [3.63, 3.8) is 0 Å². The SMILES string of the molecule is CCCc1ccc(Cc2cc3c(cc2Cl)CO[C@]32O[C@H](C)[C@@H](O)[C@H](C)[C@H]2O)s1. The van der Waals surface area contributed by atoms with Gasteiger partial charge in [-0.1, -0.05) is 31.9 Å². The van der Waals surface area contributed by atoms with Gasteiger partial charge >= 0.3 is 0 Å². The second-order valence-electron chi connectivity index (χ2n) is 7.97. The Morgan fingerprint density at radius 2 is 1.96 bits per heavy atom. The van der Waals surface area contributed by atoms with Gasteiger partial charge in [-0.05, 0) is 48.7 Å². The van der Waals surface area contributed by atoms with Crippen LogP contribution in [0.25, 0.3) is 0 Å². The lowest BCUT2D eigenvalue weighted by molar-refractivity contribution is -0.353. The predicted molar refractivity (Wildman–Crippen MR) is 111 cm³/mol. The number of ether oxygens (including phenoxy) is 2. The van der Waals surface area contributed by atoms with E-state index in [0.29, 0.717) is 11.6 Å². The van der Waals surface area contributed by atoms with Crippen LogP contribution >= 0.6 is 22.9 Å². The summed E-state index contributed by atoms with van der Waals surface area (Å²) in [5.41, 5.74) is 2.76. The first-order valence-corrected chi connectivity index (χ1v) is 11.1. The van der Waals surface area contributed by atoms with Crippen LogP contribution in [0.4, 0.5) is 0 Å². The first kappa shape index (κ1) is 20.3. The summed E-state index contributed by atoms with van der Waals surface area (Å²) in [7, 11) is 0. The van der Waals surface area contributed by atoms with E-state index in [0.717, 1.165) is 36.0 Å². The highest BCUT2D eigenvalue weighted by atomic mass is 35.5. The van der Waals surface area contributed by atoms with Crippen LogP contribution in [0, 0.1) is 5.92 Å². The van der Waals surface area contributed by atoms with Gasteiger partial charge in [-0.25, -0.2) is 0 Å². The highest BCUT2D eigenvalue weighted by Crippen LogP contribution is 2.48. The average Bonchev–Trinajstić information content (AvgIpc) is 3.25. The van der Waals surface area contributed by atoms with Gasteiger partial charge in [0.1, 0.15) is 6.10 Å². The van der Waals surface area contributed by atoms with Gasteiger partial charge in [0.15, 0.2) is 0 Å². The zero-order chi connectivity index (χ0) is 20.1. The monoisotopic (exact) mass is 422 g/mol. The third-order valence-electron chi connectivity index (χ3n) is 5.94. The van der Waals surface area contributed by atoms with E-state index in [1.165, 1.54) is 9.75 Å². The van der Waals surface area contributed by atoms with Gasteiger partial charge in [0.05, 0.1) is 18.8 Å². The van der Waals surface area contributed by atoms with Crippen LogP contribution in [0.5, 0.6) is 0 Å². The van der Waals surface area contributed by atoms with Crippen LogP contribution in [-0.2, 0) is 34.7 Å². The van der Waals surface area contributed by atoms with Crippen molar-refractivity contribution in [2.75, 3.05) is 0 Å². The fourth-order valence-electron chi connectivity index (χ4n) is 4.31. The molecule has 1 fully saturated rings. The van der Waals surface area contributed by atoms with Gasteiger partial charge in [-0.2, -0.15) is 0 Å². The van der Waals surface area contributed by atoms with Gasteiger partial charge in [-0.15, -0.1) is 11.3 Å². The molecular formula is C22H27ClO4S. The number of aliphatic hydroxyl groups is 2. The van der Waals surface area contributed by atoms with Gasteiger partial charge in [-0.3, -0.25) is 0 Å². The van der Waals surface area contributed by atoms with E-state index in [-0.39, 0.29) is 5.92 Å². The largest absolute Gasteiger partial charge is 0.390 e. The second kappa shape index (κ2) is 7.71. The molecule has 5 atom stereocenters. The van der Waals surface area contributed by atoms with Crippen LogP contribution in [0.2, 0.25) is 5.02 Å². The number of rotatable bonds is 4. The smallest absolute Gasteiger partial charge is 0.223 e. The lowest BCUT2D eigenvalue weighted by atomic mass is 9.82. The third kappa shape index (κ3) is 3.32. The van der Waals surface area contributed by atoms with E-state index in [1.807, 2.05) is 37.3 Å². The fraction of sp³-hybridized carbons (Fsp3) is 0.545. The molecule has 4 nitrogen and oxygen atoms in total. The number of hydrogen-bond acceptors (Lipinski definition) is 5. The van der Waals surface area contributed by atoms with Gasteiger partial charge in [0, 0.05) is 32.7 Å². The Balaban J connectivity index is 1.69. The highest BCUT2D eigenvalue weighted by Gasteiger charge is 2.56. The molecule has 2 aromatic rings. The van der Waals surface area contributed by atoms with E-state index in [2.05, 4.69) is 19.1 Å². The average molecular weight is 423 g/mol. The minimum atomic E-state index is -1.24. The predicted octanol–water partition coefficient (Wildman–Crippen LogP) is 4.40. The molecule has 0 amide bonds. The Morgan fingerprint density at radius 3 is 2.71 bits per heavy atom. The zero-order valence-electron chi connectivity index (χ0n) is 16.4. The molecule has 0 unspecified atom stereocenters. The summed E-state index contributed by atoms with van der Waals surface area (Å²) in [6.45, 7) is 6.16. The first-order chi connectivity index (χ1) is 13.4. The van der Waals surface area contributed by atoms with E-state index in [4.69, 9.17) is 21.1 Å². The number of thiophene rings is 1. The molecule has 28 heavy (non-hydrogen) atoms. The summed E-state index contributed by atoms with van der Waals surface area (Å²) in [5, 5.41) is 21.9.